The standard InChI is InChI=1S/C17H17N3/c1-20-10-9-14-11-13(7-8-17(14)20)16(12-18)19-15-5-3-2-4-6-15/h2-8,11,16,19H,9-10H2,1H3. The van der Waals surface area contributed by atoms with Gasteiger partial charge in [0.2, 0.25) is 0 Å². The molecule has 3 heteroatoms. The Morgan fingerprint density at radius 2 is 2.00 bits per heavy atom. The van der Waals surface area contributed by atoms with E-state index < -0.39 is 0 Å². The summed E-state index contributed by atoms with van der Waals surface area (Å²) in [5, 5.41) is 12.7. The molecule has 3 nitrogen and oxygen atoms in total. The molecule has 0 fully saturated rings. The van der Waals surface area contributed by atoms with Crippen molar-refractivity contribution in [3.05, 3.63) is 59.7 Å². The number of para-hydroxylation sites is 1. The van der Waals surface area contributed by atoms with Crippen LogP contribution in [0.3, 0.4) is 0 Å². The first kappa shape index (κ1) is 12.6. The summed E-state index contributed by atoms with van der Waals surface area (Å²) in [6.45, 7) is 1.06. The van der Waals surface area contributed by atoms with Crippen LogP contribution >= 0.6 is 0 Å². The Morgan fingerprint density at radius 3 is 2.75 bits per heavy atom. The van der Waals surface area contributed by atoms with Gasteiger partial charge < -0.3 is 10.2 Å². The molecule has 1 aliphatic heterocycles. The van der Waals surface area contributed by atoms with E-state index in [1.807, 2.05) is 36.4 Å². The van der Waals surface area contributed by atoms with E-state index in [2.05, 4.69) is 35.5 Å². The molecule has 2 aromatic rings. The third-order valence-electron chi connectivity index (χ3n) is 3.78. The zero-order chi connectivity index (χ0) is 13.9. The predicted molar refractivity (Wildman–Crippen MR) is 81.8 cm³/mol. The maximum atomic E-state index is 9.42. The maximum Gasteiger partial charge on any atom is 0.140 e. The van der Waals surface area contributed by atoms with Crippen molar-refractivity contribution in [1.29, 1.82) is 5.26 Å². The summed E-state index contributed by atoms with van der Waals surface area (Å²) in [5.74, 6) is 0. The van der Waals surface area contributed by atoms with Gasteiger partial charge in [-0.3, -0.25) is 0 Å². The van der Waals surface area contributed by atoms with Crippen molar-refractivity contribution >= 4 is 11.4 Å². The molecule has 1 aliphatic rings. The van der Waals surface area contributed by atoms with Gasteiger partial charge in [-0.1, -0.05) is 30.3 Å². The molecule has 100 valence electrons. The Kier molecular flexibility index (Phi) is 3.30. The molecule has 1 atom stereocenters. The van der Waals surface area contributed by atoms with Gasteiger partial charge in [-0.05, 0) is 35.7 Å². The molecule has 0 aliphatic carbocycles. The van der Waals surface area contributed by atoms with Crippen molar-refractivity contribution in [1.82, 2.24) is 0 Å². The first-order chi connectivity index (χ1) is 9.78. The molecule has 1 N–H and O–H groups in total. The Bertz CT molecular complexity index is 643. The van der Waals surface area contributed by atoms with Gasteiger partial charge in [0.1, 0.15) is 6.04 Å². The van der Waals surface area contributed by atoms with E-state index in [9.17, 15) is 5.26 Å². The summed E-state index contributed by atoms with van der Waals surface area (Å²) in [6, 6.07) is 18.2. The lowest BCUT2D eigenvalue weighted by Gasteiger charge is -2.16. The lowest BCUT2D eigenvalue weighted by atomic mass is 10.0. The summed E-state index contributed by atoms with van der Waals surface area (Å²) in [5.41, 5.74) is 4.62. The van der Waals surface area contributed by atoms with Gasteiger partial charge in [0.05, 0.1) is 6.07 Å². The highest BCUT2D eigenvalue weighted by atomic mass is 15.1. The number of rotatable bonds is 3. The number of benzene rings is 2. The quantitative estimate of drug-likeness (QED) is 0.923. The summed E-state index contributed by atoms with van der Waals surface area (Å²) >= 11 is 0. The van der Waals surface area contributed by atoms with Crippen molar-refractivity contribution in [3.8, 4) is 6.07 Å². The molecular formula is C17H17N3. The SMILES string of the molecule is CN1CCc2cc(C(C#N)Nc3ccccc3)ccc21. The van der Waals surface area contributed by atoms with E-state index in [4.69, 9.17) is 0 Å². The van der Waals surface area contributed by atoms with Gasteiger partial charge in [0, 0.05) is 25.0 Å². The number of nitrogens with one attached hydrogen (secondary N) is 1. The van der Waals surface area contributed by atoms with Crippen LogP contribution in [0.2, 0.25) is 0 Å². The van der Waals surface area contributed by atoms with Crippen molar-refractivity contribution < 1.29 is 0 Å². The van der Waals surface area contributed by atoms with Gasteiger partial charge in [-0.15, -0.1) is 0 Å². The van der Waals surface area contributed by atoms with Gasteiger partial charge in [-0.25, -0.2) is 0 Å². The molecule has 20 heavy (non-hydrogen) atoms. The third-order valence-corrected chi connectivity index (χ3v) is 3.78. The minimum Gasteiger partial charge on any atom is -0.374 e. The number of hydrogen-bond donors (Lipinski definition) is 1. The van der Waals surface area contributed by atoms with E-state index in [-0.39, 0.29) is 6.04 Å². The van der Waals surface area contributed by atoms with E-state index in [0.717, 1.165) is 24.2 Å². The first-order valence-corrected chi connectivity index (χ1v) is 6.83. The van der Waals surface area contributed by atoms with Gasteiger partial charge in [0.15, 0.2) is 0 Å². The molecule has 1 unspecified atom stereocenters. The number of nitriles is 1. The third kappa shape index (κ3) is 2.33. The highest BCUT2D eigenvalue weighted by Gasteiger charge is 2.18. The topological polar surface area (TPSA) is 39.1 Å². The van der Waals surface area contributed by atoms with E-state index in [1.165, 1.54) is 11.3 Å². The minimum atomic E-state index is -0.311. The van der Waals surface area contributed by atoms with Gasteiger partial charge in [-0.2, -0.15) is 5.26 Å². The summed E-state index contributed by atoms with van der Waals surface area (Å²) < 4.78 is 0. The number of hydrogen-bond acceptors (Lipinski definition) is 3. The molecule has 0 radical (unpaired) electrons. The highest BCUT2D eigenvalue weighted by molar-refractivity contribution is 5.60. The average molecular weight is 263 g/mol. The number of anilines is 2. The smallest absolute Gasteiger partial charge is 0.140 e. The second-order valence-corrected chi connectivity index (χ2v) is 5.13. The summed E-state index contributed by atoms with van der Waals surface area (Å²) in [4.78, 5) is 2.26. The summed E-state index contributed by atoms with van der Waals surface area (Å²) in [7, 11) is 2.11. The van der Waals surface area contributed by atoms with Crippen LogP contribution in [0.15, 0.2) is 48.5 Å². The Hall–Kier alpha value is -2.47. The second kappa shape index (κ2) is 5.26. The molecule has 0 saturated carbocycles. The van der Waals surface area contributed by atoms with Crippen molar-refractivity contribution in [2.45, 2.75) is 12.5 Å². The molecule has 1 heterocycles. The van der Waals surface area contributed by atoms with Crippen LogP contribution in [-0.4, -0.2) is 13.6 Å². The van der Waals surface area contributed by atoms with E-state index in [0.29, 0.717) is 0 Å². The fraction of sp³-hybridized carbons (Fsp3) is 0.235. The van der Waals surface area contributed by atoms with Crippen LogP contribution in [-0.2, 0) is 6.42 Å². The fourth-order valence-corrected chi connectivity index (χ4v) is 2.66. The fourth-order valence-electron chi connectivity index (χ4n) is 2.66. The molecular weight excluding hydrogens is 246 g/mol. The molecule has 0 amide bonds. The van der Waals surface area contributed by atoms with Crippen LogP contribution in [0.4, 0.5) is 11.4 Å². The van der Waals surface area contributed by atoms with E-state index >= 15 is 0 Å². The number of nitrogens with zero attached hydrogens (tertiary/aromatic N) is 2. The highest BCUT2D eigenvalue weighted by Crippen LogP contribution is 2.30. The van der Waals surface area contributed by atoms with Gasteiger partial charge in [0.25, 0.3) is 0 Å². The Labute approximate surface area is 119 Å². The second-order valence-electron chi connectivity index (χ2n) is 5.13. The largest absolute Gasteiger partial charge is 0.374 e. The molecule has 0 saturated heterocycles. The lowest BCUT2D eigenvalue weighted by molar-refractivity contribution is 0.954. The van der Waals surface area contributed by atoms with Gasteiger partial charge >= 0.3 is 0 Å². The molecule has 0 aromatic heterocycles. The Balaban J connectivity index is 1.86. The van der Waals surface area contributed by atoms with Crippen LogP contribution < -0.4 is 10.2 Å². The Morgan fingerprint density at radius 1 is 1.20 bits per heavy atom. The van der Waals surface area contributed by atoms with Crippen LogP contribution in [0.5, 0.6) is 0 Å². The van der Waals surface area contributed by atoms with Crippen LogP contribution in [0.1, 0.15) is 17.2 Å². The monoisotopic (exact) mass is 263 g/mol. The maximum absolute atomic E-state index is 9.42. The molecule has 0 spiro atoms. The summed E-state index contributed by atoms with van der Waals surface area (Å²) in [6.07, 6.45) is 1.06. The van der Waals surface area contributed by atoms with Crippen LogP contribution in [0, 0.1) is 11.3 Å². The van der Waals surface area contributed by atoms with Crippen molar-refractivity contribution in [2.75, 3.05) is 23.8 Å². The zero-order valence-corrected chi connectivity index (χ0v) is 11.5. The number of fused-ring (bicyclic) bond motifs is 1. The minimum absolute atomic E-state index is 0.311. The lowest BCUT2D eigenvalue weighted by Crippen LogP contribution is -2.12. The normalized spacial score (nSPS) is 14.5. The zero-order valence-electron chi connectivity index (χ0n) is 11.5. The van der Waals surface area contributed by atoms with Crippen molar-refractivity contribution in [2.24, 2.45) is 0 Å². The average Bonchev–Trinajstić information content (AvgIpc) is 2.87. The van der Waals surface area contributed by atoms with E-state index in [1.54, 1.807) is 0 Å². The molecule has 2 aromatic carbocycles. The predicted octanol–water partition coefficient (Wildman–Crippen LogP) is 3.36. The molecule has 3 rings (SSSR count). The van der Waals surface area contributed by atoms with Crippen LogP contribution in [0.25, 0.3) is 0 Å². The first-order valence-electron chi connectivity index (χ1n) is 6.83. The van der Waals surface area contributed by atoms with Crippen molar-refractivity contribution in [3.63, 3.8) is 0 Å². The molecule has 0 bridgehead atoms. The number of likely N-dealkylation sites (N-methyl/N-ethyl adjacent to an activating group) is 1.